The van der Waals surface area contributed by atoms with Gasteiger partial charge in [-0.3, -0.25) is 0 Å². The Labute approximate surface area is 119 Å². The van der Waals surface area contributed by atoms with Gasteiger partial charge in [-0.1, -0.05) is 6.07 Å². The van der Waals surface area contributed by atoms with Gasteiger partial charge in [-0.15, -0.1) is 0 Å². The Bertz CT molecular complexity index is 548. The van der Waals surface area contributed by atoms with Gasteiger partial charge in [0.1, 0.15) is 23.0 Å². The largest absolute Gasteiger partial charge is 0.494 e. The van der Waals surface area contributed by atoms with E-state index in [4.69, 9.17) is 19.6 Å². The molecular weight excluding hydrogens is 254 g/mol. The highest BCUT2D eigenvalue weighted by Crippen LogP contribution is 2.28. The van der Waals surface area contributed by atoms with E-state index in [1.54, 1.807) is 0 Å². The van der Waals surface area contributed by atoms with Gasteiger partial charge in [-0.25, -0.2) is 0 Å². The lowest BCUT2D eigenvalue weighted by Gasteiger charge is -2.21. The summed E-state index contributed by atoms with van der Waals surface area (Å²) >= 11 is 0. The van der Waals surface area contributed by atoms with Crippen LogP contribution in [0.1, 0.15) is 31.5 Å². The van der Waals surface area contributed by atoms with E-state index in [1.165, 1.54) is 0 Å². The molecule has 20 heavy (non-hydrogen) atoms. The highest BCUT2D eigenvalue weighted by atomic mass is 16.5. The van der Waals surface area contributed by atoms with E-state index in [0.29, 0.717) is 12.4 Å². The molecule has 4 nitrogen and oxygen atoms in total. The van der Waals surface area contributed by atoms with Gasteiger partial charge in [0.15, 0.2) is 6.10 Å². The molecule has 0 radical (unpaired) electrons. The molecule has 2 aromatic rings. The monoisotopic (exact) mass is 275 g/mol. The lowest BCUT2D eigenvalue weighted by molar-refractivity contribution is 0.151. The fourth-order valence-electron chi connectivity index (χ4n) is 1.98. The number of hydrogen-bond donors (Lipinski definition) is 1. The van der Waals surface area contributed by atoms with E-state index in [-0.39, 0.29) is 12.1 Å². The molecule has 2 atom stereocenters. The predicted molar refractivity (Wildman–Crippen MR) is 78.1 cm³/mol. The summed E-state index contributed by atoms with van der Waals surface area (Å²) in [4.78, 5) is 0. The van der Waals surface area contributed by atoms with Gasteiger partial charge in [0.25, 0.3) is 0 Å². The summed E-state index contributed by atoms with van der Waals surface area (Å²) in [5.41, 5.74) is 6.01. The third-order valence-electron chi connectivity index (χ3n) is 2.90. The van der Waals surface area contributed by atoms with Gasteiger partial charge < -0.3 is 19.6 Å². The molecule has 2 rings (SSSR count). The van der Waals surface area contributed by atoms with Crippen LogP contribution in [0.15, 0.2) is 40.8 Å². The van der Waals surface area contributed by atoms with Crippen molar-refractivity contribution in [2.24, 2.45) is 5.73 Å². The van der Waals surface area contributed by atoms with E-state index in [0.717, 1.165) is 17.3 Å². The Morgan fingerprint density at radius 3 is 2.55 bits per heavy atom. The SMILES string of the molecule is CCOc1cccc(OC(c2ccc(C)o2)C(C)N)c1. The second-order valence-corrected chi connectivity index (χ2v) is 4.75. The predicted octanol–water partition coefficient (Wildman–Crippen LogP) is 3.45. The average molecular weight is 275 g/mol. The maximum atomic E-state index is 6.01. The zero-order valence-corrected chi connectivity index (χ0v) is 12.1. The van der Waals surface area contributed by atoms with Crippen molar-refractivity contribution in [3.05, 3.63) is 47.9 Å². The molecule has 108 valence electrons. The van der Waals surface area contributed by atoms with Crippen LogP contribution < -0.4 is 15.2 Å². The quantitative estimate of drug-likeness (QED) is 0.877. The van der Waals surface area contributed by atoms with Crippen LogP contribution in [0, 0.1) is 6.92 Å². The number of aryl methyl sites for hydroxylation is 1. The van der Waals surface area contributed by atoms with Crippen molar-refractivity contribution in [2.45, 2.75) is 32.9 Å². The summed E-state index contributed by atoms with van der Waals surface area (Å²) in [5, 5.41) is 0. The molecule has 0 bridgehead atoms. The van der Waals surface area contributed by atoms with Crippen LogP contribution in [0.25, 0.3) is 0 Å². The topological polar surface area (TPSA) is 57.6 Å². The number of furan rings is 1. The van der Waals surface area contributed by atoms with Crippen molar-refractivity contribution in [3.8, 4) is 11.5 Å². The lowest BCUT2D eigenvalue weighted by atomic mass is 10.1. The first-order valence-electron chi connectivity index (χ1n) is 6.81. The number of nitrogens with two attached hydrogens (primary N) is 1. The van der Waals surface area contributed by atoms with Gasteiger partial charge in [0.05, 0.1) is 6.61 Å². The Balaban J connectivity index is 2.18. The summed E-state index contributed by atoms with van der Waals surface area (Å²) < 4.78 is 17.0. The Kier molecular flexibility index (Phi) is 4.69. The molecule has 0 amide bonds. The van der Waals surface area contributed by atoms with Crippen LogP contribution in [-0.2, 0) is 0 Å². The molecule has 0 aliphatic rings. The van der Waals surface area contributed by atoms with E-state index in [1.807, 2.05) is 57.2 Å². The van der Waals surface area contributed by atoms with Crippen molar-refractivity contribution in [2.75, 3.05) is 6.61 Å². The zero-order valence-electron chi connectivity index (χ0n) is 12.1. The minimum absolute atomic E-state index is 0.184. The molecule has 1 heterocycles. The number of hydrogen-bond acceptors (Lipinski definition) is 4. The van der Waals surface area contributed by atoms with Crippen molar-refractivity contribution in [1.29, 1.82) is 0 Å². The Morgan fingerprint density at radius 1 is 1.20 bits per heavy atom. The average Bonchev–Trinajstić information content (AvgIpc) is 2.83. The summed E-state index contributed by atoms with van der Waals surface area (Å²) in [6.45, 7) is 6.37. The maximum Gasteiger partial charge on any atom is 0.171 e. The van der Waals surface area contributed by atoms with Gasteiger partial charge >= 0.3 is 0 Å². The minimum Gasteiger partial charge on any atom is -0.494 e. The molecule has 1 aromatic carbocycles. The van der Waals surface area contributed by atoms with Crippen molar-refractivity contribution in [1.82, 2.24) is 0 Å². The van der Waals surface area contributed by atoms with Crippen molar-refractivity contribution < 1.29 is 13.9 Å². The molecule has 2 unspecified atom stereocenters. The Morgan fingerprint density at radius 2 is 1.95 bits per heavy atom. The van der Waals surface area contributed by atoms with Crippen molar-refractivity contribution in [3.63, 3.8) is 0 Å². The first-order valence-corrected chi connectivity index (χ1v) is 6.81. The standard InChI is InChI=1S/C16H21NO3/c1-4-18-13-6-5-7-14(10-13)20-16(12(3)17)15-9-8-11(2)19-15/h5-10,12,16H,4,17H2,1-3H3. The first kappa shape index (κ1) is 14.5. The number of benzene rings is 1. The molecule has 0 aliphatic heterocycles. The number of rotatable bonds is 6. The van der Waals surface area contributed by atoms with Crippen LogP contribution in [0.2, 0.25) is 0 Å². The maximum absolute atomic E-state index is 6.01. The van der Waals surface area contributed by atoms with Crippen LogP contribution in [0.5, 0.6) is 11.5 Å². The summed E-state index contributed by atoms with van der Waals surface area (Å²) in [7, 11) is 0. The van der Waals surface area contributed by atoms with Crippen LogP contribution in [0.3, 0.4) is 0 Å². The van der Waals surface area contributed by atoms with E-state index in [9.17, 15) is 0 Å². The van der Waals surface area contributed by atoms with E-state index < -0.39 is 0 Å². The smallest absolute Gasteiger partial charge is 0.171 e. The van der Waals surface area contributed by atoms with E-state index >= 15 is 0 Å². The molecule has 4 heteroatoms. The highest BCUT2D eigenvalue weighted by molar-refractivity contribution is 5.33. The molecule has 0 spiro atoms. The normalized spacial score (nSPS) is 13.8. The third-order valence-corrected chi connectivity index (χ3v) is 2.90. The molecule has 0 saturated heterocycles. The number of ether oxygens (including phenoxy) is 2. The van der Waals surface area contributed by atoms with Gasteiger partial charge in [0, 0.05) is 12.1 Å². The zero-order chi connectivity index (χ0) is 14.5. The summed E-state index contributed by atoms with van der Waals surface area (Å²) in [6.07, 6.45) is -0.319. The van der Waals surface area contributed by atoms with E-state index in [2.05, 4.69) is 0 Å². The molecule has 2 N–H and O–H groups in total. The third kappa shape index (κ3) is 3.54. The van der Waals surface area contributed by atoms with Crippen LogP contribution >= 0.6 is 0 Å². The van der Waals surface area contributed by atoms with Crippen LogP contribution in [-0.4, -0.2) is 12.6 Å². The molecule has 0 saturated carbocycles. The fourth-order valence-corrected chi connectivity index (χ4v) is 1.98. The molecule has 1 aromatic heterocycles. The van der Waals surface area contributed by atoms with Crippen LogP contribution in [0.4, 0.5) is 0 Å². The summed E-state index contributed by atoms with van der Waals surface area (Å²) in [6, 6.07) is 11.2. The first-order chi connectivity index (χ1) is 9.60. The molecule has 0 aliphatic carbocycles. The highest BCUT2D eigenvalue weighted by Gasteiger charge is 2.21. The van der Waals surface area contributed by atoms with Crippen molar-refractivity contribution >= 4 is 0 Å². The second-order valence-electron chi connectivity index (χ2n) is 4.75. The fraction of sp³-hybridized carbons (Fsp3) is 0.375. The summed E-state index contributed by atoms with van der Waals surface area (Å²) in [5.74, 6) is 3.08. The minimum atomic E-state index is -0.319. The Hall–Kier alpha value is -1.94. The second kappa shape index (κ2) is 6.48. The molecular formula is C16H21NO3. The lowest BCUT2D eigenvalue weighted by Crippen LogP contribution is -2.28. The van der Waals surface area contributed by atoms with Gasteiger partial charge in [-0.2, -0.15) is 0 Å². The van der Waals surface area contributed by atoms with Gasteiger partial charge in [0.2, 0.25) is 0 Å². The van der Waals surface area contributed by atoms with Gasteiger partial charge in [-0.05, 0) is 45.0 Å². The molecule has 0 fully saturated rings.